The van der Waals surface area contributed by atoms with Gasteiger partial charge in [0, 0.05) is 45.5 Å². The lowest BCUT2D eigenvalue weighted by Crippen LogP contribution is -2.45. The van der Waals surface area contributed by atoms with Gasteiger partial charge in [-0.2, -0.15) is 0 Å². The standard InChI is InChI=1S/C17H22N4/c18-16-7-4-8-19-17(16)14-21-11-9-20(10-12-21)13-15-5-2-1-3-6-15/h1-8H,9-14,18H2. The summed E-state index contributed by atoms with van der Waals surface area (Å²) >= 11 is 0. The quantitative estimate of drug-likeness (QED) is 0.931. The summed E-state index contributed by atoms with van der Waals surface area (Å²) in [6.45, 7) is 6.24. The number of anilines is 1. The first-order valence-electron chi connectivity index (χ1n) is 7.49. The van der Waals surface area contributed by atoms with Crippen molar-refractivity contribution in [2.75, 3.05) is 31.9 Å². The number of rotatable bonds is 4. The number of aromatic nitrogens is 1. The third-order valence-corrected chi connectivity index (χ3v) is 4.01. The van der Waals surface area contributed by atoms with Crippen molar-refractivity contribution in [3.63, 3.8) is 0 Å². The lowest BCUT2D eigenvalue weighted by atomic mass is 10.2. The van der Waals surface area contributed by atoms with E-state index in [0.717, 1.165) is 50.6 Å². The predicted octanol–water partition coefficient (Wildman–Crippen LogP) is 1.98. The van der Waals surface area contributed by atoms with Crippen LogP contribution in [0, 0.1) is 0 Å². The molecule has 1 aromatic carbocycles. The Labute approximate surface area is 126 Å². The van der Waals surface area contributed by atoms with Gasteiger partial charge in [0.15, 0.2) is 0 Å². The summed E-state index contributed by atoms with van der Waals surface area (Å²) in [5.41, 5.74) is 9.15. The maximum absolute atomic E-state index is 5.97. The van der Waals surface area contributed by atoms with Crippen LogP contribution in [-0.4, -0.2) is 41.0 Å². The minimum atomic E-state index is 0.796. The molecule has 0 spiro atoms. The Morgan fingerprint density at radius 2 is 1.52 bits per heavy atom. The molecular weight excluding hydrogens is 260 g/mol. The van der Waals surface area contributed by atoms with Crippen molar-refractivity contribution in [3.8, 4) is 0 Å². The molecule has 3 rings (SSSR count). The zero-order valence-corrected chi connectivity index (χ0v) is 12.3. The van der Waals surface area contributed by atoms with Crippen LogP contribution in [0.2, 0.25) is 0 Å². The number of hydrogen-bond acceptors (Lipinski definition) is 4. The second kappa shape index (κ2) is 6.70. The summed E-state index contributed by atoms with van der Waals surface area (Å²) in [5, 5.41) is 0. The van der Waals surface area contributed by atoms with Gasteiger partial charge in [-0.15, -0.1) is 0 Å². The molecule has 0 saturated carbocycles. The molecule has 1 aliphatic heterocycles. The van der Waals surface area contributed by atoms with Crippen LogP contribution < -0.4 is 5.73 Å². The number of nitrogens with zero attached hydrogens (tertiary/aromatic N) is 3. The molecule has 110 valence electrons. The molecule has 1 fully saturated rings. The summed E-state index contributed by atoms with van der Waals surface area (Å²) in [4.78, 5) is 9.32. The molecule has 2 heterocycles. The van der Waals surface area contributed by atoms with Crippen LogP contribution in [0.15, 0.2) is 48.7 Å². The van der Waals surface area contributed by atoms with Crippen LogP contribution >= 0.6 is 0 Å². The largest absolute Gasteiger partial charge is 0.397 e. The summed E-state index contributed by atoms with van der Waals surface area (Å²) in [6, 6.07) is 14.5. The van der Waals surface area contributed by atoms with Gasteiger partial charge >= 0.3 is 0 Å². The Morgan fingerprint density at radius 1 is 0.857 bits per heavy atom. The lowest BCUT2D eigenvalue weighted by molar-refractivity contribution is 0.121. The van der Waals surface area contributed by atoms with Gasteiger partial charge in [-0.25, -0.2) is 0 Å². The van der Waals surface area contributed by atoms with Gasteiger partial charge < -0.3 is 5.73 Å². The van der Waals surface area contributed by atoms with Crippen LogP contribution in [0.1, 0.15) is 11.3 Å². The minimum absolute atomic E-state index is 0.796. The molecule has 21 heavy (non-hydrogen) atoms. The van der Waals surface area contributed by atoms with Crippen molar-refractivity contribution in [1.29, 1.82) is 0 Å². The summed E-state index contributed by atoms with van der Waals surface area (Å²) in [6.07, 6.45) is 1.82. The highest BCUT2D eigenvalue weighted by molar-refractivity contribution is 5.41. The average Bonchev–Trinajstić information content (AvgIpc) is 2.52. The van der Waals surface area contributed by atoms with E-state index in [1.807, 2.05) is 18.3 Å². The highest BCUT2D eigenvalue weighted by Gasteiger charge is 2.17. The van der Waals surface area contributed by atoms with Crippen LogP contribution in [-0.2, 0) is 13.1 Å². The maximum Gasteiger partial charge on any atom is 0.0772 e. The number of nitrogen functional groups attached to an aromatic ring is 1. The van der Waals surface area contributed by atoms with E-state index in [1.165, 1.54) is 5.56 Å². The van der Waals surface area contributed by atoms with Gasteiger partial charge in [-0.1, -0.05) is 30.3 Å². The molecular formula is C17H22N4. The van der Waals surface area contributed by atoms with Gasteiger partial charge in [-0.05, 0) is 17.7 Å². The Morgan fingerprint density at radius 3 is 2.19 bits per heavy atom. The van der Waals surface area contributed by atoms with Crippen molar-refractivity contribution in [3.05, 3.63) is 59.9 Å². The fraction of sp³-hybridized carbons (Fsp3) is 0.353. The molecule has 2 N–H and O–H groups in total. The van der Waals surface area contributed by atoms with Crippen LogP contribution in [0.25, 0.3) is 0 Å². The normalized spacial score (nSPS) is 17.0. The van der Waals surface area contributed by atoms with Crippen molar-refractivity contribution >= 4 is 5.69 Å². The van der Waals surface area contributed by atoms with Crippen molar-refractivity contribution in [2.45, 2.75) is 13.1 Å². The van der Waals surface area contributed by atoms with Gasteiger partial charge in [-0.3, -0.25) is 14.8 Å². The van der Waals surface area contributed by atoms with Crippen LogP contribution in [0.5, 0.6) is 0 Å². The van der Waals surface area contributed by atoms with E-state index < -0.39 is 0 Å². The fourth-order valence-electron chi connectivity index (χ4n) is 2.74. The smallest absolute Gasteiger partial charge is 0.0772 e. The van der Waals surface area contributed by atoms with Gasteiger partial charge in [0.2, 0.25) is 0 Å². The van der Waals surface area contributed by atoms with Gasteiger partial charge in [0.05, 0.1) is 11.4 Å². The molecule has 1 saturated heterocycles. The summed E-state index contributed by atoms with van der Waals surface area (Å²) in [5.74, 6) is 0. The molecule has 4 nitrogen and oxygen atoms in total. The van der Waals surface area contributed by atoms with E-state index >= 15 is 0 Å². The lowest BCUT2D eigenvalue weighted by Gasteiger charge is -2.34. The van der Waals surface area contributed by atoms with E-state index in [9.17, 15) is 0 Å². The molecule has 0 aliphatic carbocycles. The first-order valence-corrected chi connectivity index (χ1v) is 7.49. The SMILES string of the molecule is Nc1cccnc1CN1CCN(Cc2ccccc2)CC1. The number of nitrogens with two attached hydrogens (primary N) is 1. The van der Waals surface area contributed by atoms with Gasteiger partial charge in [0.1, 0.15) is 0 Å². The minimum Gasteiger partial charge on any atom is -0.397 e. The number of pyridine rings is 1. The molecule has 0 amide bonds. The molecule has 1 aliphatic rings. The number of benzene rings is 1. The predicted molar refractivity (Wildman–Crippen MR) is 85.6 cm³/mol. The third-order valence-electron chi connectivity index (χ3n) is 4.01. The van der Waals surface area contributed by atoms with E-state index in [2.05, 4.69) is 45.1 Å². The monoisotopic (exact) mass is 282 g/mol. The van der Waals surface area contributed by atoms with Crippen molar-refractivity contribution < 1.29 is 0 Å². The first-order chi connectivity index (χ1) is 10.3. The molecule has 0 atom stereocenters. The zero-order chi connectivity index (χ0) is 14.5. The zero-order valence-electron chi connectivity index (χ0n) is 12.3. The van der Waals surface area contributed by atoms with Gasteiger partial charge in [0.25, 0.3) is 0 Å². The van der Waals surface area contributed by atoms with E-state index in [1.54, 1.807) is 0 Å². The molecule has 1 aromatic heterocycles. The highest BCUT2D eigenvalue weighted by atomic mass is 15.3. The number of piperazine rings is 1. The van der Waals surface area contributed by atoms with Crippen LogP contribution in [0.3, 0.4) is 0 Å². The first kappa shape index (κ1) is 14.0. The Kier molecular flexibility index (Phi) is 4.48. The van der Waals surface area contributed by atoms with E-state index in [4.69, 9.17) is 5.73 Å². The molecule has 2 aromatic rings. The molecule has 0 radical (unpaired) electrons. The van der Waals surface area contributed by atoms with Crippen LogP contribution in [0.4, 0.5) is 5.69 Å². The van der Waals surface area contributed by atoms with Crippen molar-refractivity contribution in [2.24, 2.45) is 0 Å². The second-order valence-electron chi connectivity index (χ2n) is 5.58. The molecule has 4 heteroatoms. The fourth-order valence-corrected chi connectivity index (χ4v) is 2.74. The van der Waals surface area contributed by atoms with Crippen molar-refractivity contribution in [1.82, 2.24) is 14.8 Å². The topological polar surface area (TPSA) is 45.4 Å². The Bertz CT molecular complexity index is 562. The van der Waals surface area contributed by atoms with E-state index in [-0.39, 0.29) is 0 Å². The molecule has 0 unspecified atom stereocenters. The summed E-state index contributed by atoms with van der Waals surface area (Å²) < 4.78 is 0. The third kappa shape index (κ3) is 3.80. The van der Waals surface area contributed by atoms with E-state index in [0.29, 0.717) is 0 Å². The maximum atomic E-state index is 5.97. The average molecular weight is 282 g/mol. The Balaban J connectivity index is 1.50. The highest BCUT2D eigenvalue weighted by Crippen LogP contribution is 2.13. The second-order valence-corrected chi connectivity index (χ2v) is 5.58. The Hall–Kier alpha value is -1.91. The molecule has 0 bridgehead atoms. The summed E-state index contributed by atoms with van der Waals surface area (Å²) in [7, 11) is 0. The number of hydrogen-bond donors (Lipinski definition) is 1.